The van der Waals surface area contributed by atoms with Crippen LogP contribution in [0.4, 0.5) is 11.4 Å². The van der Waals surface area contributed by atoms with Gasteiger partial charge in [0.2, 0.25) is 0 Å². The smallest absolute Gasteiger partial charge is 0.0717 e. The molecule has 3 rings (SSSR count). The van der Waals surface area contributed by atoms with Crippen molar-refractivity contribution in [2.45, 2.75) is 0 Å². The molecule has 1 aliphatic rings. The van der Waals surface area contributed by atoms with E-state index >= 15 is 0 Å². The van der Waals surface area contributed by atoms with Gasteiger partial charge in [-0.1, -0.05) is 23.2 Å². The van der Waals surface area contributed by atoms with Crippen LogP contribution in [0, 0.1) is 0 Å². The number of nitrogens with zero attached hydrogens (tertiary/aromatic N) is 1. The average molecular weight is 235 g/mol. The average Bonchev–Trinajstić information content (AvgIpc) is 2.56. The molecule has 2 aromatic rings. The van der Waals surface area contributed by atoms with Gasteiger partial charge in [-0.3, -0.25) is 0 Å². The van der Waals surface area contributed by atoms with E-state index in [2.05, 4.69) is 5.32 Å². The van der Waals surface area contributed by atoms with Crippen LogP contribution >= 0.6 is 23.2 Å². The second kappa shape index (κ2) is 3.16. The number of hydrogen-bond donors (Lipinski definition) is 0. The summed E-state index contributed by atoms with van der Waals surface area (Å²) in [6.07, 6.45) is 0. The summed E-state index contributed by atoms with van der Waals surface area (Å²) in [6.45, 7) is 0. The first-order valence-electron chi connectivity index (χ1n) is 4.55. The third kappa shape index (κ3) is 1.39. The molecule has 0 unspecified atom stereocenters. The summed E-state index contributed by atoms with van der Waals surface area (Å²) in [5.41, 5.74) is 4.02. The second-order valence-electron chi connectivity index (χ2n) is 3.43. The van der Waals surface area contributed by atoms with Crippen molar-refractivity contribution in [3.8, 4) is 11.1 Å². The fourth-order valence-electron chi connectivity index (χ4n) is 1.77. The summed E-state index contributed by atoms with van der Waals surface area (Å²) in [6, 6.07) is 11.4. The molecule has 73 valence electrons. The number of fused-ring (bicyclic) bond motifs is 3. The van der Waals surface area contributed by atoms with Gasteiger partial charge in [0.1, 0.15) is 0 Å². The first kappa shape index (κ1) is 9.08. The summed E-state index contributed by atoms with van der Waals surface area (Å²) in [5.74, 6) is 0. The zero-order valence-corrected chi connectivity index (χ0v) is 9.18. The summed E-state index contributed by atoms with van der Waals surface area (Å²) >= 11 is 11.9. The molecule has 0 atom stereocenters. The van der Waals surface area contributed by atoms with Gasteiger partial charge >= 0.3 is 0 Å². The van der Waals surface area contributed by atoms with Gasteiger partial charge in [0.05, 0.1) is 11.4 Å². The molecular weight excluding hydrogens is 229 g/mol. The molecule has 0 fully saturated rings. The van der Waals surface area contributed by atoms with Crippen LogP contribution in [0.25, 0.3) is 11.1 Å². The maximum Gasteiger partial charge on any atom is 0.0717 e. The molecule has 0 aliphatic carbocycles. The molecule has 1 radical (unpaired) electrons. The summed E-state index contributed by atoms with van der Waals surface area (Å²) in [7, 11) is 0. The van der Waals surface area contributed by atoms with Crippen LogP contribution in [0.5, 0.6) is 0 Å². The van der Waals surface area contributed by atoms with Crippen LogP contribution in [-0.2, 0) is 0 Å². The van der Waals surface area contributed by atoms with Gasteiger partial charge in [0, 0.05) is 21.2 Å². The molecule has 0 amide bonds. The molecule has 0 saturated carbocycles. The van der Waals surface area contributed by atoms with Crippen molar-refractivity contribution in [2.75, 3.05) is 0 Å². The Kier molecular flexibility index (Phi) is 1.91. The normalized spacial score (nSPS) is 11.9. The van der Waals surface area contributed by atoms with Gasteiger partial charge in [-0.05, 0) is 36.4 Å². The fourth-order valence-corrected chi connectivity index (χ4v) is 2.12. The highest BCUT2D eigenvalue weighted by Crippen LogP contribution is 2.44. The maximum absolute atomic E-state index is 5.95. The van der Waals surface area contributed by atoms with E-state index in [1.54, 1.807) is 0 Å². The molecule has 0 spiro atoms. The SMILES string of the molecule is Clc1ccc2c(c1)-c1cc(Cl)ccc1[N]2. The Morgan fingerprint density at radius 3 is 1.67 bits per heavy atom. The van der Waals surface area contributed by atoms with Gasteiger partial charge in [-0.15, -0.1) is 0 Å². The molecular formula is C12H6Cl2N. The molecule has 0 N–H and O–H groups in total. The Hall–Kier alpha value is -1.18. The van der Waals surface area contributed by atoms with E-state index < -0.39 is 0 Å². The molecule has 3 heteroatoms. The van der Waals surface area contributed by atoms with Gasteiger partial charge < -0.3 is 0 Å². The minimum absolute atomic E-state index is 0.719. The van der Waals surface area contributed by atoms with E-state index in [4.69, 9.17) is 23.2 Å². The predicted molar refractivity (Wildman–Crippen MR) is 63.4 cm³/mol. The van der Waals surface area contributed by atoms with Crippen LogP contribution in [0.1, 0.15) is 0 Å². The summed E-state index contributed by atoms with van der Waals surface area (Å²) in [4.78, 5) is 0. The van der Waals surface area contributed by atoms with Crippen LogP contribution < -0.4 is 5.32 Å². The Morgan fingerprint density at radius 2 is 1.20 bits per heavy atom. The third-order valence-electron chi connectivity index (χ3n) is 2.45. The van der Waals surface area contributed by atoms with E-state index in [9.17, 15) is 0 Å². The maximum atomic E-state index is 5.95. The number of rotatable bonds is 0. The van der Waals surface area contributed by atoms with Crippen molar-refractivity contribution in [2.24, 2.45) is 0 Å². The zero-order chi connectivity index (χ0) is 10.4. The van der Waals surface area contributed by atoms with Gasteiger partial charge in [0.15, 0.2) is 0 Å². The molecule has 1 aliphatic heterocycles. The van der Waals surface area contributed by atoms with Crippen LogP contribution in [0.15, 0.2) is 36.4 Å². The minimum atomic E-state index is 0.719. The highest BCUT2D eigenvalue weighted by Gasteiger charge is 2.19. The molecule has 15 heavy (non-hydrogen) atoms. The quantitative estimate of drug-likeness (QED) is 0.543. The highest BCUT2D eigenvalue weighted by atomic mass is 35.5. The van der Waals surface area contributed by atoms with E-state index in [1.807, 2.05) is 36.4 Å². The Balaban J connectivity index is 2.28. The molecule has 1 heterocycles. The monoisotopic (exact) mass is 234 g/mol. The lowest BCUT2D eigenvalue weighted by atomic mass is 10.1. The minimum Gasteiger partial charge on any atom is -0.248 e. The largest absolute Gasteiger partial charge is 0.248 e. The van der Waals surface area contributed by atoms with Crippen molar-refractivity contribution in [3.63, 3.8) is 0 Å². The lowest BCUT2D eigenvalue weighted by Gasteiger charge is -1.99. The highest BCUT2D eigenvalue weighted by molar-refractivity contribution is 6.32. The summed E-state index contributed by atoms with van der Waals surface area (Å²) in [5, 5.41) is 5.92. The Morgan fingerprint density at radius 1 is 0.733 bits per heavy atom. The van der Waals surface area contributed by atoms with Crippen LogP contribution in [-0.4, -0.2) is 0 Å². The number of halogens is 2. The lowest BCUT2D eigenvalue weighted by molar-refractivity contribution is 1.24. The first-order valence-corrected chi connectivity index (χ1v) is 5.31. The molecule has 2 aromatic carbocycles. The molecule has 1 nitrogen and oxygen atoms in total. The first-order chi connectivity index (χ1) is 7.24. The van der Waals surface area contributed by atoms with Crippen molar-refractivity contribution >= 4 is 34.6 Å². The number of benzene rings is 2. The van der Waals surface area contributed by atoms with Crippen molar-refractivity contribution in [1.82, 2.24) is 5.32 Å². The van der Waals surface area contributed by atoms with Crippen LogP contribution in [0.3, 0.4) is 0 Å². The Labute approximate surface area is 97.6 Å². The molecule has 0 bridgehead atoms. The van der Waals surface area contributed by atoms with Crippen molar-refractivity contribution < 1.29 is 0 Å². The van der Waals surface area contributed by atoms with Crippen molar-refractivity contribution in [3.05, 3.63) is 46.4 Å². The van der Waals surface area contributed by atoms with Crippen LogP contribution in [0.2, 0.25) is 10.0 Å². The van der Waals surface area contributed by atoms with E-state index in [0.29, 0.717) is 0 Å². The zero-order valence-electron chi connectivity index (χ0n) is 7.67. The van der Waals surface area contributed by atoms with Crippen molar-refractivity contribution in [1.29, 1.82) is 0 Å². The van der Waals surface area contributed by atoms with Gasteiger partial charge in [-0.2, -0.15) is 0 Å². The number of hydrogen-bond acceptors (Lipinski definition) is 0. The standard InChI is InChI=1S/C12H6Cl2N/c13-7-1-3-11-9(5-7)10-6-8(14)2-4-12(10)15-11/h1-6H. The third-order valence-corrected chi connectivity index (χ3v) is 2.92. The summed E-state index contributed by atoms with van der Waals surface area (Å²) < 4.78 is 0. The molecule has 0 saturated heterocycles. The Bertz CT molecular complexity index is 500. The van der Waals surface area contributed by atoms with E-state index in [0.717, 1.165) is 32.5 Å². The van der Waals surface area contributed by atoms with E-state index in [1.165, 1.54) is 0 Å². The van der Waals surface area contributed by atoms with Gasteiger partial charge in [0.25, 0.3) is 0 Å². The lowest BCUT2D eigenvalue weighted by Crippen LogP contribution is -1.80. The fraction of sp³-hybridized carbons (Fsp3) is 0. The second-order valence-corrected chi connectivity index (χ2v) is 4.31. The molecule has 0 aromatic heterocycles. The predicted octanol–water partition coefficient (Wildman–Crippen LogP) is 4.54. The van der Waals surface area contributed by atoms with Gasteiger partial charge in [-0.25, -0.2) is 5.32 Å². The van der Waals surface area contributed by atoms with E-state index in [-0.39, 0.29) is 0 Å². The topological polar surface area (TPSA) is 14.1 Å².